The van der Waals surface area contributed by atoms with Crippen LogP contribution in [0.4, 0.5) is 0 Å². The zero-order valence-corrected chi connectivity index (χ0v) is 23.4. The molecule has 0 fully saturated rings. The van der Waals surface area contributed by atoms with Crippen LogP contribution in [0, 0.1) is 0 Å². The minimum absolute atomic E-state index is 0.0222. The van der Waals surface area contributed by atoms with Gasteiger partial charge in [-0.3, -0.25) is 9.59 Å². The zero-order valence-electron chi connectivity index (χ0n) is 23.4. The van der Waals surface area contributed by atoms with E-state index in [-0.39, 0.29) is 17.9 Å². The number of carbonyl (C=O) groups is 2. The first-order valence-corrected chi connectivity index (χ1v) is 13.7. The molecule has 0 aliphatic heterocycles. The number of nitrogens with one attached hydrogen (secondary N) is 1. The van der Waals surface area contributed by atoms with Gasteiger partial charge < -0.3 is 15.0 Å². The van der Waals surface area contributed by atoms with Crippen LogP contribution < -0.4 is 10.1 Å². The molecule has 1 N–H and O–H groups in total. The van der Waals surface area contributed by atoms with Crippen LogP contribution in [0.25, 0.3) is 0 Å². The average molecular weight is 515 g/mol. The molecular weight excluding hydrogens is 472 g/mol. The van der Waals surface area contributed by atoms with Gasteiger partial charge in [0, 0.05) is 25.4 Å². The number of methoxy groups -OCH3 is 1. The van der Waals surface area contributed by atoms with Gasteiger partial charge in [-0.05, 0) is 60.1 Å². The number of aryl methyl sites for hydroxylation is 1. The molecule has 2 amide bonds. The first kappa shape index (κ1) is 29.0. The maximum atomic E-state index is 13.9. The first-order chi connectivity index (χ1) is 18.3. The largest absolute Gasteiger partial charge is 0.497 e. The highest BCUT2D eigenvalue weighted by atomic mass is 16.5. The molecule has 0 saturated carbocycles. The Hall–Kier alpha value is -3.60. The molecule has 2 atom stereocenters. The molecule has 2 unspecified atom stereocenters. The maximum Gasteiger partial charge on any atom is 0.243 e. The van der Waals surface area contributed by atoms with Crippen molar-refractivity contribution in [2.24, 2.45) is 0 Å². The number of hydrogen-bond acceptors (Lipinski definition) is 3. The molecule has 3 aromatic rings. The Balaban J connectivity index is 1.90. The number of rotatable bonds is 13. The summed E-state index contributed by atoms with van der Waals surface area (Å²) in [4.78, 5) is 29.2. The van der Waals surface area contributed by atoms with Gasteiger partial charge in [0.05, 0.1) is 7.11 Å². The van der Waals surface area contributed by atoms with E-state index < -0.39 is 6.04 Å². The molecule has 202 valence electrons. The van der Waals surface area contributed by atoms with Crippen LogP contribution in [0.5, 0.6) is 5.75 Å². The summed E-state index contributed by atoms with van der Waals surface area (Å²) in [5.41, 5.74) is 4.34. The predicted molar refractivity (Wildman–Crippen MR) is 154 cm³/mol. The van der Waals surface area contributed by atoms with E-state index in [0.29, 0.717) is 31.7 Å². The van der Waals surface area contributed by atoms with E-state index in [4.69, 9.17) is 4.74 Å². The quantitative estimate of drug-likeness (QED) is 0.291. The van der Waals surface area contributed by atoms with Crippen molar-refractivity contribution in [2.75, 3.05) is 7.11 Å². The number of carbonyl (C=O) groups excluding carboxylic acids is 2. The van der Waals surface area contributed by atoms with Crippen molar-refractivity contribution < 1.29 is 14.3 Å². The lowest BCUT2D eigenvalue weighted by Gasteiger charge is -2.32. The number of benzene rings is 3. The minimum atomic E-state index is -0.631. The molecule has 0 aliphatic rings. The fourth-order valence-electron chi connectivity index (χ4n) is 4.43. The van der Waals surface area contributed by atoms with Crippen LogP contribution in [0.15, 0.2) is 78.9 Å². The summed E-state index contributed by atoms with van der Waals surface area (Å²) in [5.74, 6) is 1.03. The molecule has 5 nitrogen and oxygen atoms in total. The van der Waals surface area contributed by atoms with Crippen LogP contribution in [-0.2, 0) is 29.0 Å². The third kappa shape index (κ3) is 8.47. The van der Waals surface area contributed by atoms with Crippen molar-refractivity contribution in [1.82, 2.24) is 10.2 Å². The van der Waals surface area contributed by atoms with Gasteiger partial charge in [0.25, 0.3) is 0 Å². The van der Waals surface area contributed by atoms with E-state index in [1.54, 1.807) is 12.0 Å². The number of nitrogens with zero attached hydrogens (tertiary/aromatic N) is 1. The van der Waals surface area contributed by atoms with Crippen LogP contribution in [0.2, 0.25) is 0 Å². The van der Waals surface area contributed by atoms with Crippen molar-refractivity contribution in [1.29, 1.82) is 0 Å². The highest BCUT2D eigenvalue weighted by molar-refractivity contribution is 5.88. The summed E-state index contributed by atoms with van der Waals surface area (Å²) < 4.78 is 5.42. The summed E-state index contributed by atoms with van der Waals surface area (Å²) in [6.45, 7) is 8.71. The monoisotopic (exact) mass is 514 g/mol. The van der Waals surface area contributed by atoms with Crippen LogP contribution >= 0.6 is 0 Å². The van der Waals surface area contributed by atoms with Crippen molar-refractivity contribution in [2.45, 2.75) is 77.9 Å². The first-order valence-electron chi connectivity index (χ1n) is 13.7. The molecule has 0 aliphatic carbocycles. The molecule has 0 bridgehead atoms. The summed E-state index contributed by atoms with van der Waals surface area (Å²) in [6, 6.07) is 25.5. The summed E-state index contributed by atoms with van der Waals surface area (Å²) >= 11 is 0. The molecule has 0 radical (unpaired) electrons. The van der Waals surface area contributed by atoms with E-state index in [9.17, 15) is 9.59 Å². The van der Waals surface area contributed by atoms with Gasteiger partial charge in [-0.2, -0.15) is 0 Å². The van der Waals surface area contributed by atoms with Gasteiger partial charge in [0.2, 0.25) is 11.8 Å². The van der Waals surface area contributed by atoms with Gasteiger partial charge in [0.15, 0.2) is 0 Å². The lowest BCUT2D eigenvalue weighted by molar-refractivity contribution is -0.141. The summed E-state index contributed by atoms with van der Waals surface area (Å²) in [6.07, 6.45) is 2.21. The van der Waals surface area contributed by atoms with Gasteiger partial charge >= 0.3 is 0 Å². The molecule has 3 aromatic carbocycles. The third-order valence-electron chi connectivity index (χ3n) is 7.03. The maximum absolute atomic E-state index is 13.9. The second kappa shape index (κ2) is 14.4. The number of amides is 2. The van der Waals surface area contributed by atoms with Crippen LogP contribution in [0.1, 0.15) is 68.7 Å². The second-order valence-corrected chi connectivity index (χ2v) is 10.3. The van der Waals surface area contributed by atoms with Crippen molar-refractivity contribution >= 4 is 11.8 Å². The molecule has 0 heterocycles. The zero-order chi connectivity index (χ0) is 27.5. The van der Waals surface area contributed by atoms with Gasteiger partial charge in [-0.15, -0.1) is 0 Å². The van der Waals surface area contributed by atoms with Crippen LogP contribution in [-0.4, -0.2) is 35.9 Å². The Morgan fingerprint density at radius 3 is 2.18 bits per heavy atom. The normalized spacial score (nSPS) is 12.6. The fourth-order valence-corrected chi connectivity index (χ4v) is 4.43. The highest BCUT2D eigenvalue weighted by Crippen LogP contribution is 2.21. The van der Waals surface area contributed by atoms with Crippen molar-refractivity contribution in [3.8, 4) is 5.75 Å². The Morgan fingerprint density at radius 2 is 1.55 bits per heavy atom. The Morgan fingerprint density at radius 1 is 0.868 bits per heavy atom. The van der Waals surface area contributed by atoms with E-state index in [2.05, 4.69) is 43.4 Å². The van der Waals surface area contributed by atoms with E-state index >= 15 is 0 Å². The van der Waals surface area contributed by atoms with Crippen LogP contribution in [0.3, 0.4) is 0 Å². The van der Waals surface area contributed by atoms with E-state index in [1.165, 1.54) is 5.56 Å². The van der Waals surface area contributed by atoms with Gasteiger partial charge in [-0.1, -0.05) is 87.5 Å². The minimum Gasteiger partial charge on any atom is -0.497 e. The molecule has 0 saturated heterocycles. The average Bonchev–Trinajstić information content (AvgIpc) is 2.94. The Kier molecular flexibility index (Phi) is 11.0. The van der Waals surface area contributed by atoms with Gasteiger partial charge in [0.1, 0.15) is 11.8 Å². The Bertz CT molecular complexity index is 1160. The topological polar surface area (TPSA) is 58.6 Å². The molecule has 0 aromatic heterocycles. The number of hydrogen-bond donors (Lipinski definition) is 1. The molecule has 3 rings (SSSR count). The smallest absolute Gasteiger partial charge is 0.243 e. The van der Waals surface area contributed by atoms with Crippen molar-refractivity contribution in [3.05, 3.63) is 101 Å². The Labute approximate surface area is 228 Å². The van der Waals surface area contributed by atoms with E-state index in [1.807, 2.05) is 68.4 Å². The lowest BCUT2D eigenvalue weighted by atomic mass is 9.99. The molecular formula is C33H42N2O3. The summed E-state index contributed by atoms with van der Waals surface area (Å²) in [5, 5.41) is 3.13. The highest BCUT2D eigenvalue weighted by Gasteiger charge is 2.30. The third-order valence-corrected chi connectivity index (χ3v) is 7.03. The number of ether oxygens (including phenoxy) is 1. The standard InChI is InChI=1S/C33H42N2O3/c1-6-25(4)34-33(37)31(22-27-11-8-7-9-12-27)35(23-28-13-10-14-30(21-28)38-5)32(36)20-17-26-15-18-29(19-16-26)24(2)3/h7-16,18-19,21,24-25,31H,6,17,20,22-23H2,1-5H3,(H,34,37). The van der Waals surface area contributed by atoms with Gasteiger partial charge in [-0.25, -0.2) is 0 Å². The SMILES string of the molecule is CCC(C)NC(=O)C(Cc1ccccc1)N(Cc1cccc(OC)c1)C(=O)CCc1ccc(C(C)C)cc1. The molecule has 38 heavy (non-hydrogen) atoms. The predicted octanol–water partition coefficient (Wildman–Crippen LogP) is 6.31. The molecule has 0 spiro atoms. The lowest BCUT2D eigenvalue weighted by Crippen LogP contribution is -2.52. The fraction of sp³-hybridized carbons (Fsp3) is 0.394. The molecule has 5 heteroatoms. The summed E-state index contributed by atoms with van der Waals surface area (Å²) in [7, 11) is 1.63. The second-order valence-electron chi connectivity index (χ2n) is 10.3. The van der Waals surface area contributed by atoms with E-state index in [0.717, 1.165) is 28.9 Å². The van der Waals surface area contributed by atoms with Crippen molar-refractivity contribution in [3.63, 3.8) is 0 Å².